The van der Waals surface area contributed by atoms with Crippen molar-refractivity contribution in [1.82, 2.24) is 10.6 Å². The molecule has 0 saturated carbocycles. The maximum Gasteiger partial charge on any atom is 0.191 e. The molecule has 0 amide bonds. The highest BCUT2D eigenvalue weighted by atomic mass is 127. The molecule has 0 spiro atoms. The molecule has 3 rings (SSSR count). The van der Waals surface area contributed by atoms with E-state index in [0.29, 0.717) is 18.0 Å². The Morgan fingerprint density at radius 2 is 2.03 bits per heavy atom. The molecule has 1 aliphatic rings. The number of hydrogen-bond acceptors (Lipinski definition) is 3. The number of methoxy groups -OCH3 is 1. The second-order valence-electron chi connectivity index (χ2n) is 7.43. The molecule has 0 aromatic heterocycles. The topological polar surface area (TPSA) is 48.9 Å². The fourth-order valence-corrected chi connectivity index (χ4v) is 3.67. The van der Waals surface area contributed by atoms with Gasteiger partial charge < -0.3 is 20.3 Å². The van der Waals surface area contributed by atoms with Crippen LogP contribution < -0.4 is 20.3 Å². The summed E-state index contributed by atoms with van der Waals surface area (Å²) < 4.78 is 18.9. The first-order valence-corrected chi connectivity index (χ1v) is 10.3. The maximum absolute atomic E-state index is 13.4. The Hall–Kier alpha value is -2.03. The summed E-state index contributed by atoms with van der Waals surface area (Å²) in [5.41, 5.74) is 2.81. The lowest BCUT2D eigenvalue weighted by Crippen LogP contribution is -2.40. The molecule has 0 aliphatic carbocycles. The number of halogens is 2. The van der Waals surface area contributed by atoms with Crippen LogP contribution in [-0.4, -0.2) is 39.2 Å². The summed E-state index contributed by atoms with van der Waals surface area (Å²) in [5.74, 6) is 2.08. The van der Waals surface area contributed by atoms with Gasteiger partial charge >= 0.3 is 0 Å². The highest BCUT2D eigenvalue weighted by Crippen LogP contribution is 2.31. The standard InChI is InChI=1S/C23H31FN4O.HI/c1-4-25-23(26-14-18-9-10-20(24)17(2)13-18)27-15-19-11-12-28(16-19)21-7-5-6-8-22(21)29-3;/h5-10,13,19H,4,11-12,14-16H2,1-3H3,(H2,25,26,27);1H. The third-order valence-electron chi connectivity index (χ3n) is 5.26. The van der Waals surface area contributed by atoms with Gasteiger partial charge in [0, 0.05) is 26.2 Å². The molecule has 1 atom stereocenters. The van der Waals surface area contributed by atoms with Crippen LogP contribution in [0.3, 0.4) is 0 Å². The lowest BCUT2D eigenvalue weighted by atomic mass is 10.1. The second kappa shape index (κ2) is 12.0. The molecule has 5 nitrogen and oxygen atoms in total. The molecular weight excluding hydrogens is 494 g/mol. The maximum atomic E-state index is 13.4. The van der Waals surface area contributed by atoms with Gasteiger partial charge in [0.2, 0.25) is 0 Å². The first-order chi connectivity index (χ1) is 14.1. The summed E-state index contributed by atoms with van der Waals surface area (Å²) in [5, 5.41) is 6.76. The Kier molecular flexibility index (Phi) is 9.68. The predicted molar refractivity (Wildman–Crippen MR) is 133 cm³/mol. The Morgan fingerprint density at radius 1 is 1.23 bits per heavy atom. The van der Waals surface area contributed by atoms with E-state index in [4.69, 9.17) is 4.74 Å². The number of ether oxygens (including phenoxy) is 1. The summed E-state index contributed by atoms with van der Waals surface area (Å²) >= 11 is 0. The van der Waals surface area contributed by atoms with Crippen molar-refractivity contribution in [2.45, 2.75) is 26.8 Å². The first kappa shape index (κ1) is 24.2. The molecule has 1 heterocycles. The number of para-hydroxylation sites is 2. The third kappa shape index (κ3) is 6.48. The molecule has 1 unspecified atom stereocenters. The van der Waals surface area contributed by atoms with Crippen LogP contribution in [0.15, 0.2) is 47.5 Å². The molecular formula is C23H32FIN4O. The van der Waals surface area contributed by atoms with E-state index in [-0.39, 0.29) is 29.8 Å². The zero-order valence-corrected chi connectivity index (χ0v) is 20.3. The van der Waals surface area contributed by atoms with Gasteiger partial charge in [-0.05, 0) is 55.5 Å². The van der Waals surface area contributed by atoms with Crippen molar-refractivity contribution >= 4 is 35.6 Å². The van der Waals surface area contributed by atoms with Gasteiger partial charge in [0.1, 0.15) is 11.6 Å². The second-order valence-corrected chi connectivity index (χ2v) is 7.43. The van der Waals surface area contributed by atoms with Crippen LogP contribution in [-0.2, 0) is 6.54 Å². The number of hydrogen-bond donors (Lipinski definition) is 2. The SMILES string of the molecule is CCNC(=NCc1ccc(F)c(C)c1)NCC1CCN(c2ccccc2OC)C1.I. The van der Waals surface area contributed by atoms with E-state index < -0.39 is 0 Å². The van der Waals surface area contributed by atoms with Gasteiger partial charge in [-0.15, -0.1) is 24.0 Å². The first-order valence-electron chi connectivity index (χ1n) is 10.3. The lowest BCUT2D eigenvalue weighted by Gasteiger charge is -2.21. The summed E-state index contributed by atoms with van der Waals surface area (Å²) in [6.07, 6.45) is 1.13. The monoisotopic (exact) mass is 526 g/mol. The zero-order chi connectivity index (χ0) is 20.6. The summed E-state index contributed by atoms with van der Waals surface area (Å²) in [7, 11) is 1.72. The average molecular weight is 526 g/mol. The van der Waals surface area contributed by atoms with Crippen LogP contribution in [0.25, 0.3) is 0 Å². The Labute approximate surface area is 196 Å². The van der Waals surface area contributed by atoms with Crippen LogP contribution in [0.1, 0.15) is 24.5 Å². The van der Waals surface area contributed by atoms with Crippen molar-refractivity contribution in [3.8, 4) is 5.75 Å². The number of guanidine groups is 1. The number of nitrogens with one attached hydrogen (secondary N) is 2. The smallest absolute Gasteiger partial charge is 0.191 e. The van der Waals surface area contributed by atoms with Crippen molar-refractivity contribution in [3.63, 3.8) is 0 Å². The Balaban J connectivity index is 0.00000320. The summed E-state index contributed by atoms with van der Waals surface area (Å²) in [6, 6.07) is 13.3. The molecule has 164 valence electrons. The largest absolute Gasteiger partial charge is 0.495 e. The molecule has 0 radical (unpaired) electrons. The van der Waals surface area contributed by atoms with E-state index in [1.165, 1.54) is 6.07 Å². The molecule has 7 heteroatoms. The zero-order valence-electron chi connectivity index (χ0n) is 18.0. The van der Waals surface area contributed by atoms with Gasteiger partial charge in [0.25, 0.3) is 0 Å². The van der Waals surface area contributed by atoms with Crippen molar-refractivity contribution in [2.24, 2.45) is 10.9 Å². The fourth-order valence-electron chi connectivity index (χ4n) is 3.67. The summed E-state index contributed by atoms with van der Waals surface area (Å²) in [4.78, 5) is 7.04. The average Bonchev–Trinajstić information content (AvgIpc) is 3.21. The molecule has 2 N–H and O–H groups in total. The van der Waals surface area contributed by atoms with Gasteiger partial charge in [-0.2, -0.15) is 0 Å². The van der Waals surface area contributed by atoms with E-state index in [9.17, 15) is 4.39 Å². The highest BCUT2D eigenvalue weighted by Gasteiger charge is 2.24. The highest BCUT2D eigenvalue weighted by molar-refractivity contribution is 14.0. The van der Waals surface area contributed by atoms with Crippen LogP contribution in [0.4, 0.5) is 10.1 Å². The number of benzene rings is 2. The Bertz CT molecular complexity index is 846. The lowest BCUT2D eigenvalue weighted by molar-refractivity contribution is 0.414. The minimum Gasteiger partial charge on any atom is -0.495 e. The number of anilines is 1. The van der Waals surface area contributed by atoms with Crippen LogP contribution in [0, 0.1) is 18.7 Å². The van der Waals surface area contributed by atoms with E-state index in [1.807, 2.05) is 18.2 Å². The van der Waals surface area contributed by atoms with Crippen molar-refractivity contribution in [1.29, 1.82) is 0 Å². The van der Waals surface area contributed by atoms with Crippen molar-refractivity contribution < 1.29 is 9.13 Å². The molecule has 1 saturated heterocycles. The van der Waals surface area contributed by atoms with Crippen molar-refractivity contribution in [2.75, 3.05) is 38.2 Å². The molecule has 2 aromatic carbocycles. The van der Waals surface area contributed by atoms with Gasteiger partial charge in [0.05, 0.1) is 19.3 Å². The number of nitrogens with zero attached hydrogens (tertiary/aromatic N) is 2. The van der Waals surface area contributed by atoms with E-state index in [2.05, 4.69) is 39.6 Å². The van der Waals surface area contributed by atoms with Crippen molar-refractivity contribution in [3.05, 3.63) is 59.4 Å². The molecule has 1 aliphatic heterocycles. The van der Waals surface area contributed by atoms with Gasteiger partial charge in [0.15, 0.2) is 5.96 Å². The third-order valence-corrected chi connectivity index (χ3v) is 5.26. The minimum atomic E-state index is -0.177. The fraction of sp³-hybridized carbons (Fsp3) is 0.435. The predicted octanol–water partition coefficient (Wildman–Crippen LogP) is 4.34. The Morgan fingerprint density at radius 3 is 2.77 bits per heavy atom. The molecule has 30 heavy (non-hydrogen) atoms. The van der Waals surface area contributed by atoms with Crippen LogP contribution in [0.5, 0.6) is 5.75 Å². The van der Waals surface area contributed by atoms with E-state index in [1.54, 1.807) is 20.1 Å². The van der Waals surface area contributed by atoms with Gasteiger partial charge in [-0.1, -0.05) is 24.3 Å². The van der Waals surface area contributed by atoms with Gasteiger partial charge in [-0.25, -0.2) is 9.38 Å². The van der Waals surface area contributed by atoms with Crippen LogP contribution in [0.2, 0.25) is 0 Å². The normalized spacial score (nSPS) is 16.2. The quantitative estimate of drug-likeness (QED) is 0.320. The van der Waals surface area contributed by atoms with E-state index >= 15 is 0 Å². The van der Waals surface area contributed by atoms with Crippen LogP contribution >= 0.6 is 24.0 Å². The summed E-state index contributed by atoms with van der Waals surface area (Å²) in [6.45, 7) is 8.03. The van der Waals surface area contributed by atoms with E-state index in [0.717, 1.165) is 55.6 Å². The minimum absolute atomic E-state index is 0. The number of rotatable bonds is 7. The molecule has 2 aromatic rings. The van der Waals surface area contributed by atoms with Gasteiger partial charge in [-0.3, -0.25) is 0 Å². The molecule has 0 bridgehead atoms. The number of aryl methyl sites for hydroxylation is 1. The number of aliphatic imine (C=N–C) groups is 1. The molecule has 1 fully saturated rings.